The Kier molecular flexibility index (Phi) is 6.61. The van der Waals surface area contributed by atoms with Gasteiger partial charge in [-0.1, -0.05) is 30.3 Å². The zero-order valence-electron chi connectivity index (χ0n) is 15.7. The number of halogens is 2. The standard InChI is InChI=1S/C22H22ClFN4/c1-15-5-3-6-19(23)21(15)16(2)25-12-4-13-26-22-27-14-11-20(28-22)17-7-9-18(24)10-8-17/h3,5-11,14,25H,2,4,12-13H2,1H3,(H,26,27,28). The van der Waals surface area contributed by atoms with E-state index >= 15 is 0 Å². The maximum atomic E-state index is 13.1. The Morgan fingerprint density at radius 2 is 1.89 bits per heavy atom. The van der Waals surface area contributed by atoms with Gasteiger partial charge in [0.25, 0.3) is 0 Å². The number of anilines is 1. The summed E-state index contributed by atoms with van der Waals surface area (Å²) in [6.07, 6.45) is 2.54. The fourth-order valence-electron chi connectivity index (χ4n) is 2.86. The molecule has 3 rings (SSSR count). The van der Waals surface area contributed by atoms with Crippen molar-refractivity contribution in [3.05, 3.63) is 83.3 Å². The molecule has 0 amide bonds. The number of rotatable bonds is 8. The average molecular weight is 397 g/mol. The van der Waals surface area contributed by atoms with Gasteiger partial charge in [-0.3, -0.25) is 0 Å². The molecule has 2 N–H and O–H groups in total. The van der Waals surface area contributed by atoms with E-state index in [1.54, 1.807) is 24.4 Å². The Labute approximate surface area is 169 Å². The van der Waals surface area contributed by atoms with Crippen molar-refractivity contribution >= 4 is 23.2 Å². The second-order valence-electron chi connectivity index (χ2n) is 6.39. The molecule has 0 saturated heterocycles. The molecule has 144 valence electrons. The third kappa shape index (κ3) is 5.08. The SMILES string of the molecule is C=C(NCCCNc1nccc(-c2ccc(F)cc2)n1)c1c(C)cccc1Cl. The number of hydrogen-bond acceptors (Lipinski definition) is 4. The van der Waals surface area contributed by atoms with Crippen LogP contribution in [0.4, 0.5) is 10.3 Å². The van der Waals surface area contributed by atoms with Crippen LogP contribution in [0.2, 0.25) is 5.02 Å². The molecule has 0 aliphatic heterocycles. The van der Waals surface area contributed by atoms with Crippen molar-refractivity contribution in [2.24, 2.45) is 0 Å². The summed E-state index contributed by atoms with van der Waals surface area (Å²) in [5.41, 5.74) is 4.46. The van der Waals surface area contributed by atoms with Crippen LogP contribution in [0.5, 0.6) is 0 Å². The lowest BCUT2D eigenvalue weighted by molar-refractivity contribution is 0.628. The summed E-state index contributed by atoms with van der Waals surface area (Å²) in [6, 6.07) is 13.9. The van der Waals surface area contributed by atoms with Crippen molar-refractivity contribution in [1.82, 2.24) is 15.3 Å². The normalized spacial score (nSPS) is 10.5. The summed E-state index contributed by atoms with van der Waals surface area (Å²) in [6.45, 7) is 7.55. The van der Waals surface area contributed by atoms with E-state index in [4.69, 9.17) is 11.6 Å². The molecule has 0 atom stereocenters. The van der Waals surface area contributed by atoms with Crippen LogP contribution >= 0.6 is 11.6 Å². The molecule has 3 aromatic rings. The van der Waals surface area contributed by atoms with Crippen LogP contribution in [0.3, 0.4) is 0 Å². The first kappa shape index (κ1) is 19.8. The number of nitrogens with zero attached hydrogens (tertiary/aromatic N) is 2. The molecule has 0 aliphatic carbocycles. The van der Waals surface area contributed by atoms with Crippen molar-refractivity contribution in [2.45, 2.75) is 13.3 Å². The van der Waals surface area contributed by atoms with E-state index in [2.05, 4.69) is 27.2 Å². The Bertz CT molecular complexity index is 937. The summed E-state index contributed by atoms with van der Waals surface area (Å²) in [7, 11) is 0. The highest BCUT2D eigenvalue weighted by Gasteiger charge is 2.07. The number of aromatic nitrogens is 2. The van der Waals surface area contributed by atoms with Crippen LogP contribution in [-0.2, 0) is 0 Å². The second-order valence-corrected chi connectivity index (χ2v) is 6.80. The summed E-state index contributed by atoms with van der Waals surface area (Å²) >= 11 is 6.27. The minimum atomic E-state index is -0.266. The maximum Gasteiger partial charge on any atom is 0.223 e. The van der Waals surface area contributed by atoms with Crippen molar-refractivity contribution < 1.29 is 4.39 Å². The third-order valence-corrected chi connectivity index (χ3v) is 4.61. The Balaban J connectivity index is 1.49. The highest BCUT2D eigenvalue weighted by Crippen LogP contribution is 2.24. The molecule has 0 fully saturated rings. The quantitative estimate of drug-likeness (QED) is 0.507. The van der Waals surface area contributed by atoms with Crippen molar-refractivity contribution in [3.63, 3.8) is 0 Å². The molecule has 6 heteroatoms. The van der Waals surface area contributed by atoms with E-state index in [1.165, 1.54) is 12.1 Å². The third-order valence-electron chi connectivity index (χ3n) is 4.29. The number of benzene rings is 2. The lowest BCUT2D eigenvalue weighted by Crippen LogP contribution is -2.17. The van der Waals surface area contributed by atoms with E-state index in [0.717, 1.165) is 41.0 Å². The molecule has 28 heavy (non-hydrogen) atoms. The summed E-state index contributed by atoms with van der Waals surface area (Å²) < 4.78 is 13.1. The molecule has 1 heterocycles. The predicted molar refractivity (Wildman–Crippen MR) is 114 cm³/mol. The van der Waals surface area contributed by atoms with Crippen molar-refractivity contribution in [3.8, 4) is 11.3 Å². The van der Waals surface area contributed by atoms with E-state index < -0.39 is 0 Å². The fourth-order valence-corrected chi connectivity index (χ4v) is 3.19. The van der Waals surface area contributed by atoms with Gasteiger partial charge in [-0.2, -0.15) is 0 Å². The topological polar surface area (TPSA) is 49.8 Å². The first-order valence-electron chi connectivity index (χ1n) is 9.06. The zero-order chi connectivity index (χ0) is 19.9. The van der Waals surface area contributed by atoms with E-state index in [9.17, 15) is 4.39 Å². The van der Waals surface area contributed by atoms with Crippen LogP contribution in [0.1, 0.15) is 17.5 Å². The average Bonchev–Trinajstić information content (AvgIpc) is 2.68. The Morgan fingerprint density at radius 3 is 2.64 bits per heavy atom. The first-order valence-corrected chi connectivity index (χ1v) is 9.43. The first-order chi connectivity index (χ1) is 13.5. The maximum absolute atomic E-state index is 13.1. The second kappa shape index (κ2) is 9.33. The van der Waals surface area contributed by atoms with Gasteiger partial charge in [0.2, 0.25) is 5.95 Å². The molecular weight excluding hydrogens is 375 g/mol. The molecule has 0 aliphatic rings. The Hall–Kier alpha value is -2.92. The van der Waals surface area contributed by atoms with Gasteiger partial charge in [0.15, 0.2) is 0 Å². The van der Waals surface area contributed by atoms with Gasteiger partial charge < -0.3 is 10.6 Å². The highest BCUT2D eigenvalue weighted by atomic mass is 35.5. The van der Waals surface area contributed by atoms with Gasteiger partial charge in [-0.05, 0) is 55.3 Å². The molecule has 0 radical (unpaired) electrons. The highest BCUT2D eigenvalue weighted by molar-refractivity contribution is 6.32. The lowest BCUT2D eigenvalue weighted by Gasteiger charge is -2.14. The van der Waals surface area contributed by atoms with Crippen LogP contribution in [0, 0.1) is 12.7 Å². The van der Waals surface area contributed by atoms with Gasteiger partial charge in [0.05, 0.1) is 10.7 Å². The van der Waals surface area contributed by atoms with Gasteiger partial charge in [0, 0.05) is 36.1 Å². The van der Waals surface area contributed by atoms with Crippen LogP contribution in [-0.4, -0.2) is 23.1 Å². The van der Waals surface area contributed by atoms with Crippen molar-refractivity contribution in [1.29, 1.82) is 0 Å². The summed E-state index contributed by atoms with van der Waals surface area (Å²) in [4.78, 5) is 8.71. The van der Waals surface area contributed by atoms with Gasteiger partial charge >= 0.3 is 0 Å². The molecule has 1 aromatic heterocycles. The predicted octanol–water partition coefficient (Wildman–Crippen LogP) is 5.31. The van der Waals surface area contributed by atoms with Crippen LogP contribution in [0.15, 0.2) is 61.3 Å². The number of nitrogens with one attached hydrogen (secondary N) is 2. The minimum Gasteiger partial charge on any atom is -0.385 e. The number of hydrogen-bond donors (Lipinski definition) is 2. The Morgan fingerprint density at radius 1 is 1.11 bits per heavy atom. The van der Waals surface area contributed by atoms with Gasteiger partial charge in [0.1, 0.15) is 5.82 Å². The number of aryl methyl sites for hydroxylation is 1. The lowest BCUT2D eigenvalue weighted by atomic mass is 10.1. The molecular formula is C22H22ClFN4. The largest absolute Gasteiger partial charge is 0.385 e. The minimum absolute atomic E-state index is 0.266. The molecule has 0 spiro atoms. The monoisotopic (exact) mass is 396 g/mol. The molecule has 4 nitrogen and oxygen atoms in total. The molecule has 0 unspecified atom stereocenters. The van der Waals surface area contributed by atoms with E-state index in [0.29, 0.717) is 17.5 Å². The van der Waals surface area contributed by atoms with Crippen LogP contribution < -0.4 is 10.6 Å². The van der Waals surface area contributed by atoms with Crippen molar-refractivity contribution in [2.75, 3.05) is 18.4 Å². The fraction of sp³-hybridized carbons (Fsp3) is 0.182. The smallest absolute Gasteiger partial charge is 0.223 e. The van der Waals surface area contributed by atoms with E-state index in [1.807, 2.05) is 25.1 Å². The summed E-state index contributed by atoms with van der Waals surface area (Å²) in [5, 5.41) is 7.22. The molecule has 2 aromatic carbocycles. The van der Waals surface area contributed by atoms with Gasteiger partial charge in [-0.25, -0.2) is 14.4 Å². The molecule has 0 bridgehead atoms. The summed E-state index contributed by atoms with van der Waals surface area (Å²) in [5.74, 6) is 0.278. The van der Waals surface area contributed by atoms with Crippen LogP contribution in [0.25, 0.3) is 17.0 Å². The van der Waals surface area contributed by atoms with E-state index in [-0.39, 0.29) is 5.82 Å². The zero-order valence-corrected chi connectivity index (χ0v) is 16.4. The van der Waals surface area contributed by atoms with Gasteiger partial charge in [-0.15, -0.1) is 0 Å². The molecule has 0 saturated carbocycles.